The number of pyridine rings is 1. The van der Waals surface area contributed by atoms with E-state index in [2.05, 4.69) is 15.2 Å². The number of hydrogen-bond donors (Lipinski definition) is 2. The molecule has 1 saturated carbocycles. The number of carbonyl (C=O) groups is 1. The summed E-state index contributed by atoms with van der Waals surface area (Å²) in [6, 6.07) is 9.74. The molecule has 9 heteroatoms. The molecule has 7 nitrogen and oxygen atoms in total. The Morgan fingerprint density at radius 3 is 2.83 bits per heavy atom. The second kappa shape index (κ2) is 9.28. The number of nitrogens with zero attached hydrogens (tertiary/aromatic N) is 3. The van der Waals surface area contributed by atoms with E-state index in [9.17, 15) is 9.90 Å². The van der Waals surface area contributed by atoms with Crippen molar-refractivity contribution in [3.63, 3.8) is 0 Å². The van der Waals surface area contributed by atoms with E-state index in [4.69, 9.17) is 16.3 Å². The highest BCUT2D eigenvalue weighted by Gasteiger charge is 2.28. The lowest BCUT2D eigenvalue weighted by Crippen LogP contribution is -2.27. The summed E-state index contributed by atoms with van der Waals surface area (Å²) in [5.41, 5.74) is 3.74. The Kier molecular flexibility index (Phi) is 6.17. The van der Waals surface area contributed by atoms with Crippen molar-refractivity contribution in [1.29, 1.82) is 0 Å². The predicted octanol–water partition coefficient (Wildman–Crippen LogP) is 5.03. The fraction of sp³-hybridized carbons (Fsp3) is 0.269. The van der Waals surface area contributed by atoms with Crippen molar-refractivity contribution in [1.82, 2.24) is 20.1 Å². The number of fused-ring (bicyclic) bond motifs is 1. The molecular weight excluding hydrogens is 471 g/mol. The smallest absolute Gasteiger partial charge is 0.254 e. The van der Waals surface area contributed by atoms with Crippen LogP contribution < -0.4 is 4.74 Å². The quantitative estimate of drug-likeness (QED) is 0.376. The Balaban J connectivity index is 1.49. The molecule has 35 heavy (non-hydrogen) atoms. The maximum absolute atomic E-state index is 15.4. The van der Waals surface area contributed by atoms with Crippen LogP contribution in [0.3, 0.4) is 0 Å². The van der Waals surface area contributed by atoms with Gasteiger partial charge in [0, 0.05) is 40.8 Å². The van der Waals surface area contributed by atoms with E-state index in [1.807, 2.05) is 6.92 Å². The van der Waals surface area contributed by atoms with Gasteiger partial charge in [0.05, 0.1) is 35.7 Å². The van der Waals surface area contributed by atoms with E-state index in [0.29, 0.717) is 38.6 Å². The summed E-state index contributed by atoms with van der Waals surface area (Å²) in [7, 11) is 1.65. The largest absolute Gasteiger partial charge is 0.490 e. The van der Waals surface area contributed by atoms with Crippen molar-refractivity contribution in [2.45, 2.75) is 39.0 Å². The van der Waals surface area contributed by atoms with Gasteiger partial charge in [0.2, 0.25) is 0 Å². The molecule has 1 aliphatic rings. The molecule has 2 heterocycles. The van der Waals surface area contributed by atoms with Gasteiger partial charge in [0.15, 0.2) is 0 Å². The van der Waals surface area contributed by atoms with Crippen LogP contribution in [-0.4, -0.2) is 44.2 Å². The van der Waals surface area contributed by atoms with Crippen LogP contribution in [0.2, 0.25) is 5.02 Å². The molecule has 180 valence electrons. The fourth-order valence-electron chi connectivity index (χ4n) is 4.18. The number of ether oxygens (including phenoxy) is 1. The minimum Gasteiger partial charge on any atom is -0.490 e. The maximum atomic E-state index is 15.4. The van der Waals surface area contributed by atoms with Gasteiger partial charge in [-0.2, -0.15) is 5.10 Å². The zero-order chi connectivity index (χ0) is 24.7. The molecule has 0 saturated heterocycles. The number of rotatable bonds is 7. The van der Waals surface area contributed by atoms with Gasteiger partial charge in [0.25, 0.3) is 5.91 Å². The van der Waals surface area contributed by atoms with Gasteiger partial charge in [-0.05, 0) is 49.6 Å². The van der Waals surface area contributed by atoms with Crippen molar-refractivity contribution in [3.05, 3.63) is 75.9 Å². The van der Waals surface area contributed by atoms with E-state index >= 15 is 4.39 Å². The van der Waals surface area contributed by atoms with Crippen LogP contribution in [0.5, 0.6) is 5.75 Å². The lowest BCUT2D eigenvalue weighted by atomic mass is 10.0. The number of H-pyrrole nitrogens is 1. The predicted molar refractivity (Wildman–Crippen MR) is 131 cm³/mol. The first-order valence-electron chi connectivity index (χ1n) is 11.3. The third-order valence-electron chi connectivity index (χ3n) is 6.12. The van der Waals surface area contributed by atoms with Crippen LogP contribution in [0, 0.1) is 12.7 Å². The number of benzene rings is 2. The SMILES string of the molecule is Cc1nc(CO)c2cn[nH]c2c1CN(C)C(=O)c1cc(F)c(-c2cccc(Cl)c2)c(OC2CC2)c1. The number of aliphatic hydroxyl groups is 1. The second-order valence-corrected chi connectivity index (χ2v) is 9.20. The molecule has 2 aromatic heterocycles. The standard InChI is InChI=1S/C26H24ClFN4O3/c1-14-20(25-19(11-29-31-25)22(13-33)30-14)12-32(2)26(34)16-9-21(28)24(15-4-3-5-17(27)8-15)23(10-16)35-18-6-7-18/h3-5,8-11,18,33H,6-7,12-13H2,1-2H3,(H,29,31). The number of hydrogen-bond acceptors (Lipinski definition) is 5. The summed E-state index contributed by atoms with van der Waals surface area (Å²) in [6.45, 7) is 1.82. The third-order valence-corrected chi connectivity index (χ3v) is 6.35. The van der Waals surface area contributed by atoms with E-state index < -0.39 is 5.82 Å². The number of amides is 1. The Bertz CT molecular complexity index is 1430. The molecule has 1 amide bonds. The Morgan fingerprint density at radius 2 is 2.11 bits per heavy atom. The molecule has 0 unspecified atom stereocenters. The van der Waals surface area contributed by atoms with Crippen molar-refractivity contribution in [2.24, 2.45) is 0 Å². The number of aromatic amines is 1. The van der Waals surface area contributed by atoms with Crippen molar-refractivity contribution in [2.75, 3.05) is 7.05 Å². The van der Waals surface area contributed by atoms with Crippen LogP contribution in [0.4, 0.5) is 4.39 Å². The highest BCUT2D eigenvalue weighted by molar-refractivity contribution is 6.30. The van der Waals surface area contributed by atoms with Crippen LogP contribution in [0.1, 0.15) is 40.2 Å². The molecule has 1 fully saturated rings. The van der Waals surface area contributed by atoms with Gasteiger partial charge >= 0.3 is 0 Å². The van der Waals surface area contributed by atoms with Gasteiger partial charge in [0.1, 0.15) is 11.6 Å². The first kappa shape index (κ1) is 23.3. The summed E-state index contributed by atoms with van der Waals surface area (Å²) in [5, 5.41) is 17.8. The second-order valence-electron chi connectivity index (χ2n) is 8.76. The summed E-state index contributed by atoms with van der Waals surface area (Å²) in [4.78, 5) is 19.3. The third kappa shape index (κ3) is 4.59. The average molecular weight is 495 g/mol. The molecule has 2 N–H and O–H groups in total. The number of halogens is 2. The minimum atomic E-state index is -0.553. The molecule has 0 aliphatic heterocycles. The lowest BCUT2D eigenvalue weighted by Gasteiger charge is -2.21. The fourth-order valence-corrected chi connectivity index (χ4v) is 4.37. The molecule has 0 radical (unpaired) electrons. The van der Waals surface area contributed by atoms with Crippen LogP contribution in [0.15, 0.2) is 42.6 Å². The van der Waals surface area contributed by atoms with Gasteiger partial charge in [-0.25, -0.2) is 4.39 Å². The first-order chi connectivity index (χ1) is 16.9. The van der Waals surface area contributed by atoms with Crippen molar-refractivity contribution in [3.8, 4) is 16.9 Å². The maximum Gasteiger partial charge on any atom is 0.254 e. The normalized spacial score (nSPS) is 13.3. The zero-order valence-electron chi connectivity index (χ0n) is 19.3. The summed E-state index contributed by atoms with van der Waals surface area (Å²) in [5.74, 6) is -0.587. The summed E-state index contributed by atoms with van der Waals surface area (Å²) in [6.07, 6.45) is 3.41. The zero-order valence-corrected chi connectivity index (χ0v) is 20.1. The topological polar surface area (TPSA) is 91.3 Å². The molecule has 2 aromatic carbocycles. The van der Waals surface area contributed by atoms with Crippen molar-refractivity contribution < 1.29 is 19.0 Å². The van der Waals surface area contributed by atoms with E-state index in [1.165, 1.54) is 11.0 Å². The van der Waals surface area contributed by atoms with Gasteiger partial charge in [-0.1, -0.05) is 23.7 Å². The highest BCUT2D eigenvalue weighted by Crippen LogP contribution is 2.38. The number of carbonyl (C=O) groups excluding carboxylic acids is 1. The van der Waals surface area contributed by atoms with E-state index in [0.717, 1.165) is 18.4 Å². The number of nitrogens with one attached hydrogen (secondary N) is 1. The number of aryl methyl sites for hydroxylation is 1. The molecule has 0 atom stereocenters. The van der Waals surface area contributed by atoms with Gasteiger partial charge < -0.3 is 14.7 Å². The molecule has 4 aromatic rings. The Labute approximate surface area is 206 Å². The van der Waals surface area contributed by atoms with E-state index in [1.54, 1.807) is 43.6 Å². The first-order valence-corrected chi connectivity index (χ1v) is 11.7. The molecule has 5 rings (SSSR count). The molecule has 0 bridgehead atoms. The monoisotopic (exact) mass is 494 g/mol. The van der Waals surface area contributed by atoms with E-state index in [-0.39, 0.29) is 36.3 Å². The molecule has 1 aliphatic carbocycles. The number of aliphatic hydroxyl groups excluding tert-OH is 1. The van der Waals surface area contributed by atoms with Crippen LogP contribution in [0.25, 0.3) is 22.0 Å². The summed E-state index contributed by atoms with van der Waals surface area (Å²) >= 11 is 6.13. The van der Waals surface area contributed by atoms with Crippen molar-refractivity contribution >= 4 is 28.4 Å². The van der Waals surface area contributed by atoms with Crippen LogP contribution >= 0.6 is 11.6 Å². The Hall–Kier alpha value is -3.49. The molecular formula is C26H24ClFN4O3. The molecule has 0 spiro atoms. The van der Waals surface area contributed by atoms with Crippen LogP contribution in [-0.2, 0) is 13.2 Å². The van der Waals surface area contributed by atoms with Gasteiger partial charge in [-0.15, -0.1) is 0 Å². The average Bonchev–Trinajstić information content (AvgIpc) is 3.51. The number of aromatic nitrogens is 3. The summed E-state index contributed by atoms with van der Waals surface area (Å²) < 4.78 is 21.4. The lowest BCUT2D eigenvalue weighted by molar-refractivity contribution is 0.0784. The van der Waals surface area contributed by atoms with Gasteiger partial charge in [-0.3, -0.25) is 14.9 Å². The minimum absolute atomic E-state index is 0.0165. The highest BCUT2D eigenvalue weighted by atomic mass is 35.5. The Morgan fingerprint density at radius 1 is 1.31 bits per heavy atom.